The number of hydrogen-bond acceptors (Lipinski definition) is 5. The predicted molar refractivity (Wildman–Crippen MR) is 99.8 cm³/mol. The van der Waals surface area contributed by atoms with E-state index >= 15 is 0 Å². The SMILES string of the molecule is CC(C)Oc1cccc(CSc2nncn2CCc2cccs2)c1. The van der Waals surface area contributed by atoms with E-state index < -0.39 is 0 Å². The van der Waals surface area contributed by atoms with E-state index in [0.29, 0.717) is 0 Å². The van der Waals surface area contributed by atoms with Crippen LogP contribution in [0.5, 0.6) is 5.75 Å². The monoisotopic (exact) mass is 359 g/mol. The van der Waals surface area contributed by atoms with Crippen molar-refractivity contribution in [2.45, 2.75) is 43.8 Å². The molecule has 0 N–H and O–H groups in total. The Hall–Kier alpha value is -1.79. The zero-order valence-electron chi connectivity index (χ0n) is 13.9. The van der Waals surface area contributed by atoms with Crippen molar-refractivity contribution in [2.75, 3.05) is 0 Å². The molecular formula is C18H21N3OS2. The molecule has 0 saturated carbocycles. The Kier molecular flexibility index (Phi) is 5.93. The van der Waals surface area contributed by atoms with Gasteiger partial charge in [-0.15, -0.1) is 21.5 Å². The van der Waals surface area contributed by atoms with E-state index in [1.165, 1.54) is 10.4 Å². The molecule has 126 valence electrons. The van der Waals surface area contributed by atoms with Crippen molar-refractivity contribution in [3.05, 3.63) is 58.5 Å². The Labute approximate surface area is 150 Å². The lowest BCUT2D eigenvalue weighted by Gasteiger charge is -2.11. The Morgan fingerprint density at radius 3 is 2.96 bits per heavy atom. The number of rotatable bonds is 8. The third-order valence-electron chi connectivity index (χ3n) is 3.40. The molecule has 0 fully saturated rings. The Balaban J connectivity index is 1.58. The highest BCUT2D eigenvalue weighted by molar-refractivity contribution is 7.98. The fraction of sp³-hybridized carbons (Fsp3) is 0.333. The van der Waals surface area contributed by atoms with E-state index in [4.69, 9.17) is 4.74 Å². The molecule has 0 aliphatic heterocycles. The van der Waals surface area contributed by atoms with Crippen LogP contribution in [0.3, 0.4) is 0 Å². The standard InChI is InChI=1S/C18H21N3OS2/c1-14(2)22-16-6-3-5-15(11-16)12-24-18-20-19-13-21(18)9-8-17-7-4-10-23-17/h3-7,10-11,13-14H,8-9,12H2,1-2H3. The molecule has 0 atom stereocenters. The largest absolute Gasteiger partial charge is 0.491 e. The number of aromatic nitrogens is 3. The van der Waals surface area contributed by atoms with Crippen LogP contribution < -0.4 is 4.74 Å². The van der Waals surface area contributed by atoms with Gasteiger partial charge < -0.3 is 9.30 Å². The summed E-state index contributed by atoms with van der Waals surface area (Å²) in [7, 11) is 0. The lowest BCUT2D eigenvalue weighted by Crippen LogP contribution is -2.05. The second-order valence-corrected chi connectivity index (χ2v) is 7.71. The average molecular weight is 360 g/mol. The summed E-state index contributed by atoms with van der Waals surface area (Å²) >= 11 is 3.50. The van der Waals surface area contributed by atoms with Crippen molar-refractivity contribution < 1.29 is 4.74 Å². The summed E-state index contributed by atoms with van der Waals surface area (Å²) in [4.78, 5) is 1.39. The maximum absolute atomic E-state index is 5.75. The zero-order valence-corrected chi connectivity index (χ0v) is 15.5. The van der Waals surface area contributed by atoms with Crippen molar-refractivity contribution >= 4 is 23.1 Å². The van der Waals surface area contributed by atoms with Gasteiger partial charge in [-0.3, -0.25) is 0 Å². The van der Waals surface area contributed by atoms with Crippen LogP contribution >= 0.6 is 23.1 Å². The van der Waals surface area contributed by atoms with Crippen molar-refractivity contribution in [1.29, 1.82) is 0 Å². The minimum Gasteiger partial charge on any atom is -0.491 e. The number of thiophene rings is 1. The quantitative estimate of drug-likeness (QED) is 0.548. The van der Waals surface area contributed by atoms with E-state index in [9.17, 15) is 0 Å². The predicted octanol–water partition coefficient (Wildman–Crippen LogP) is 4.66. The number of benzene rings is 1. The van der Waals surface area contributed by atoms with Crippen molar-refractivity contribution in [3.8, 4) is 5.75 Å². The molecule has 0 radical (unpaired) electrons. The van der Waals surface area contributed by atoms with Crippen LogP contribution in [0, 0.1) is 0 Å². The van der Waals surface area contributed by atoms with Crippen LogP contribution in [0.15, 0.2) is 53.3 Å². The van der Waals surface area contributed by atoms with Gasteiger partial charge in [-0.05, 0) is 49.4 Å². The fourth-order valence-corrected chi connectivity index (χ4v) is 3.91. The Morgan fingerprint density at radius 2 is 2.17 bits per heavy atom. The molecular weight excluding hydrogens is 338 g/mol. The number of thioether (sulfide) groups is 1. The first kappa shape index (κ1) is 17.0. The third kappa shape index (κ3) is 4.85. The van der Waals surface area contributed by atoms with Gasteiger partial charge >= 0.3 is 0 Å². The first-order valence-electron chi connectivity index (χ1n) is 7.99. The lowest BCUT2D eigenvalue weighted by atomic mass is 10.2. The van der Waals surface area contributed by atoms with Crippen LogP contribution in [-0.4, -0.2) is 20.9 Å². The van der Waals surface area contributed by atoms with Gasteiger partial charge in [0, 0.05) is 17.2 Å². The van der Waals surface area contributed by atoms with Gasteiger partial charge in [0.1, 0.15) is 12.1 Å². The molecule has 1 aromatic carbocycles. The molecule has 2 aromatic heterocycles. The summed E-state index contributed by atoms with van der Waals surface area (Å²) < 4.78 is 7.88. The normalized spacial score (nSPS) is 11.1. The van der Waals surface area contributed by atoms with Crippen LogP contribution in [-0.2, 0) is 18.7 Å². The molecule has 0 unspecified atom stereocenters. The summed E-state index contributed by atoms with van der Waals surface area (Å²) in [6, 6.07) is 12.5. The van der Waals surface area contributed by atoms with E-state index in [2.05, 4.69) is 44.4 Å². The van der Waals surface area contributed by atoms with Crippen LogP contribution in [0.2, 0.25) is 0 Å². The highest BCUT2D eigenvalue weighted by atomic mass is 32.2. The van der Waals surface area contributed by atoms with Gasteiger partial charge in [-0.1, -0.05) is 30.0 Å². The third-order valence-corrected chi connectivity index (χ3v) is 5.39. The van der Waals surface area contributed by atoms with E-state index in [0.717, 1.165) is 29.6 Å². The topological polar surface area (TPSA) is 39.9 Å². The molecule has 2 heterocycles. The maximum Gasteiger partial charge on any atom is 0.191 e. The summed E-state index contributed by atoms with van der Waals surface area (Å²) in [5, 5.41) is 11.4. The number of hydrogen-bond donors (Lipinski definition) is 0. The highest BCUT2D eigenvalue weighted by Crippen LogP contribution is 2.24. The van der Waals surface area contributed by atoms with Crippen LogP contribution in [0.25, 0.3) is 0 Å². The van der Waals surface area contributed by atoms with Crippen LogP contribution in [0.1, 0.15) is 24.3 Å². The molecule has 0 bridgehead atoms. The summed E-state index contributed by atoms with van der Waals surface area (Å²) in [6.07, 6.45) is 3.02. The molecule has 24 heavy (non-hydrogen) atoms. The van der Waals surface area contributed by atoms with E-state index in [1.54, 1.807) is 23.1 Å². The van der Waals surface area contributed by atoms with Crippen LogP contribution in [0.4, 0.5) is 0 Å². The van der Waals surface area contributed by atoms with Gasteiger partial charge in [0.2, 0.25) is 0 Å². The van der Waals surface area contributed by atoms with Crippen molar-refractivity contribution in [2.24, 2.45) is 0 Å². The lowest BCUT2D eigenvalue weighted by molar-refractivity contribution is 0.242. The summed E-state index contributed by atoms with van der Waals surface area (Å²) in [5.41, 5.74) is 1.23. The fourth-order valence-electron chi connectivity index (χ4n) is 2.32. The molecule has 3 rings (SSSR count). The van der Waals surface area contributed by atoms with Gasteiger partial charge in [0.15, 0.2) is 5.16 Å². The first-order valence-corrected chi connectivity index (χ1v) is 9.86. The zero-order chi connectivity index (χ0) is 16.8. The van der Waals surface area contributed by atoms with Gasteiger partial charge in [-0.25, -0.2) is 0 Å². The Morgan fingerprint density at radius 1 is 1.25 bits per heavy atom. The number of nitrogens with zero attached hydrogens (tertiary/aromatic N) is 3. The smallest absolute Gasteiger partial charge is 0.191 e. The molecule has 0 aliphatic carbocycles. The Bertz CT molecular complexity index is 753. The second-order valence-electron chi connectivity index (χ2n) is 5.74. The molecule has 0 aliphatic rings. The van der Waals surface area contributed by atoms with Crippen molar-refractivity contribution in [1.82, 2.24) is 14.8 Å². The minimum absolute atomic E-state index is 0.188. The number of ether oxygens (including phenoxy) is 1. The minimum atomic E-state index is 0.188. The average Bonchev–Trinajstić information content (AvgIpc) is 3.22. The molecule has 0 saturated heterocycles. The van der Waals surface area contributed by atoms with Crippen molar-refractivity contribution in [3.63, 3.8) is 0 Å². The highest BCUT2D eigenvalue weighted by Gasteiger charge is 2.07. The first-order chi connectivity index (χ1) is 11.7. The second kappa shape index (κ2) is 8.35. The molecule has 6 heteroatoms. The summed E-state index contributed by atoms with van der Waals surface area (Å²) in [5.74, 6) is 1.77. The van der Waals surface area contributed by atoms with Gasteiger partial charge in [0.25, 0.3) is 0 Å². The molecule has 4 nitrogen and oxygen atoms in total. The molecule has 0 amide bonds. The van der Waals surface area contributed by atoms with Gasteiger partial charge in [-0.2, -0.15) is 0 Å². The molecule has 3 aromatic rings. The maximum atomic E-state index is 5.75. The van der Waals surface area contributed by atoms with Gasteiger partial charge in [0.05, 0.1) is 6.10 Å². The molecule has 0 spiro atoms. The van der Waals surface area contributed by atoms with E-state index in [-0.39, 0.29) is 6.10 Å². The summed E-state index contributed by atoms with van der Waals surface area (Å²) in [6.45, 7) is 4.99. The number of aryl methyl sites for hydroxylation is 2. The van der Waals surface area contributed by atoms with E-state index in [1.807, 2.05) is 32.3 Å².